The highest BCUT2D eigenvalue weighted by Crippen LogP contribution is 2.13. The first-order chi connectivity index (χ1) is 9.04. The molecular formula is C16H35N3. The number of hydrogen-bond donors (Lipinski definition) is 1. The molecule has 1 saturated heterocycles. The SMILES string of the molecule is CCCN1CCN(C(CNCC(C)C)C(C)C)CC1. The van der Waals surface area contributed by atoms with E-state index in [0.29, 0.717) is 6.04 Å². The number of nitrogens with one attached hydrogen (secondary N) is 1. The van der Waals surface area contributed by atoms with Crippen LogP contribution in [0.5, 0.6) is 0 Å². The van der Waals surface area contributed by atoms with Gasteiger partial charge in [-0.2, -0.15) is 0 Å². The minimum absolute atomic E-state index is 0.697. The van der Waals surface area contributed by atoms with Gasteiger partial charge in [0, 0.05) is 38.8 Å². The predicted octanol–water partition coefficient (Wildman–Crippen LogP) is 2.28. The van der Waals surface area contributed by atoms with E-state index in [4.69, 9.17) is 0 Å². The Morgan fingerprint density at radius 3 is 2.05 bits per heavy atom. The first kappa shape index (κ1) is 16.9. The van der Waals surface area contributed by atoms with E-state index >= 15 is 0 Å². The Morgan fingerprint density at radius 2 is 1.58 bits per heavy atom. The van der Waals surface area contributed by atoms with Gasteiger partial charge in [-0.1, -0.05) is 34.6 Å². The second kappa shape index (κ2) is 8.93. The summed E-state index contributed by atoms with van der Waals surface area (Å²) in [5, 5.41) is 3.64. The Balaban J connectivity index is 2.36. The molecule has 0 saturated carbocycles. The van der Waals surface area contributed by atoms with Gasteiger partial charge in [0.25, 0.3) is 0 Å². The molecule has 3 heteroatoms. The molecule has 1 heterocycles. The molecule has 0 aromatic carbocycles. The van der Waals surface area contributed by atoms with Crippen molar-refractivity contribution in [1.82, 2.24) is 15.1 Å². The minimum atomic E-state index is 0.697. The average molecular weight is 269 g/mol. The van der Waals surface area contributed by atoms with E-state index in [2.05, 4.69) is 49.7 Å². The highest BCUT2D eigenvalue weighted by molar-refractivity contribution is 4.82. The Bertz CT molecular complexity index is 220. The van der Waals surface area contributed by atoms with Crippen LogP contribution in [0.15, 0.2) is 0 Å². The van der Waals surface area contributed by atoms with Crippen LogP contribution in [0.2, 0.25) is 0 Å². The summed E-state index contributed by atoms with van der Waals surface area (Å²) in [6.45, 7) is 20.1. The largest absolute Gasteiger partial charge is 0.315 e. The fourth-order valence-corrected chi connectivity index (χ4v) is 2.94. The summed E-state index contributed by atoms with van der Waals surface area (Å²) in [5.74, 6) is 1.48. The normalized spacial score (nSPS) is 20.4. The minimum Gasteiger partial charge on any atom is -0.315 e. The van der Waals surface area contributed by atoms with Gasteiger partial charge < -0.3 is 10.2 Å². The van der Waals surface area contributed by atoms with Gasteiger partial charge in [-0.3, -0.25) is 4.90 Å². The quantitative estimate of drug-likeness (QED) is 0.729. The predicted molar refractivity (Wildman–Crippen MR) is 84.6 cm³/mol. The van der Waals surface area contributed by atoms with E-state index in [1.165, 1.54) is 39.1 Å². The molecule has 1 fully saturated rings. The van der Waals surface area contributed by atoms with E-state index < -0.39 is 0 Å². The molecule has 1 atom stereocenters. The van der Waals surface area contributed by atoms with Gasteiger partial charge >= 0.3 is 0 Å². The van der Waals surface area contributed by atoms with E-state index in [-0.39, 0.29) is 0 Å². The zero-order chi connectivity index (χ0) is 14.3. The van der Waals surface area contributed by atoms with Crippen molar-refractivity contribution >= 4 is 0 Å². The summed E-state index contributed by atoms with van der Waals surface area (Å²) < 4.78 is 0. The van der Waals surface area contributed by atoms with Gasteiger partial charge in [-0.15, -0.1) is 0 Å². The molecule has 0 amide bonds. The van der Waals surface area contributed by atoms with Crippen LogP contribution < -0.4 is 5.32 Å². The molecule has 1 unspecified atom stereocenters. The van der Waals surface area contributed by atoms with Gasteiger partial charge in [-0.05, 0) is 31.3 Å². The molecule has 0 spiro atoms. The van der Waals surface area contributed by atoms with Crippen LogP contribution in [0.4, 0.5) is 0 Å². The zero-order valence-corrected chi connectivity index (χ0v) is 13.8. The summed E-state index contributed by atoms with van der Waals surface area (Å²) in [7, 11) is 0. The first-order valence-corrected chi connectivity index (χ1v) is 8.21. The maximum Gasteiger partial charge on any atom is 0.0244 e. The van der Waals surface area contributed by atoms with Gasteiger partial charge in [0.2, 0.25) is 0 Å². The second-order valence-electron chi connectivity index (χ2n) is 6.74. The summed E-state index contributed by atoms with van der Waals surface area (Å²) in [6.07, 6.45) is 1.28. The van der Waals surface area contributed by atoms with Crippen LogP contribution in [-0.4, -0.2) is 61.7 Å². The van der Waals surface area contributed by atoms with Gasteiger partial charge in [0.1, 0.15) is 0 Å². The molecular weight excluding hydrogens is 234 g/mol. The van der Waals surface area contributed by atoms with Crippen molar-refractivity contribution in [1.29, 1.82) is 0 Å². The van der Waals surface area contributed by atoms with E-state index in [0.717, 1.165) is 24.9 Å². The Morgan fingerprint density at radius 1 is 0.947 bits per heavy atom. The van der Waals surface area contributed by atoms with Crippen molar-refractivity contribution in [2.45, 2.75) is 47.1 Å². The molecule has 3 nitrogen and oxygen atoms in total. The Labute approximate surface area is 120 Å². The molecule has 1 rings (SSSR count). The number of nitrogens with zero attached hydrogens (tertiary/aromatic N) is 2. The lowest BCUT2D eigenvalue weighted by atomic mass is 10.0. The Hall–Kier alpha value is -0.120. The smallest absolute Gasteiger partial charge is 0.0244 e. The molecule has 19 heavy (non-hydrogen) atoms. The molecule has 0 bridgehead atoms. The molecule has 1 N–H and O–H groups in total. The molecule has 1 aliphatic rings. The van der Waals surface area contributed by atoms with Crippen molar-refractivity contribution in [2.24, 2.45) is 11.8 Å². The third kappa shape index (κ3) is 6.24. The third-order valence-electron chi connectivity index (χ3n) is 4.09. The van der Waals surface area contributed by atoms with Crippen LogP contribution in [0, 0.1) is 11.8 Å². The summed E-state index contributed by atoms with van der Waals surface area (Å²) in [6, 6.07) is 0.697. The van der Waals surface area contributed by atoms with E-state index in [9.17, 15) is 0 Å². The van der Waals surface area contributed by atoms with Crippen LogP contribution in [0.3, 0.4) is 0 Å². The highest BCUT2D eigenvalue weighted by atomic mass is 15.3. The molecule has 0 aliphatic carbocycles. The monoisotopic (exact) mass is 269 g/mol. The van der Waals surface area contributed by atoms with Crippen molar-refractivity contribution in [2.75, 3.05) is 45.8 Å². The van der Waals surface area contributed by atoms with Crippen LogP contribution in [-0.2, 0) is 0 Å². The van der Waals surface area contributed by atoms with Crippen LogP contribution in [0.25, 0.3) is 0 Å². The fraction of sp³-hybridized carbons (Fsp3) is 1.00. The van der Waals surface area contributed by atoms with E-state index in [1.807, 2.05) is 0 Å². The summed E-state index contributed by atoms with van der Waals surface area (Å²) >= 11 is 0. The number of piperazine rings is 1. The van der Waals surface area contributed by atoms with Gasteiger partial charge in [0.15, 0.2) is 0 Å². The van der Waals surface area contributed by atoms with Crippen molar-refractivity contribution in [3.63, 3.8) is 0 Å². The maximum absolute atomic E-state index is 3.64. The third-order valence-corrected chi connectivity index (χ3v) is 4.09. The van der Waals surface area contributed by atoms with Gasteiger partial charge in [-0.25, -0.2) is 0 Å². The number of hydrogen-bond acceptors (Lipinski definition) is 3. The lowest BCUT2D eigenvalue weighted by molar-refractivity contribution is 0.0755. The number of rotatable bonds is 8. The van der Waals surface area contributed by atoms with Crippen molar-refractivity contribution < 1.29 is 0 Å². The molecule has 114 valence electrons. The second-order valence-corrected chi connectivity index (χ2v) is 6.74. The average Bonchev–Trinajstić information content (AvgIpc) is 2.35. The molecule has 0 aromatic heterocycles. The maximum atomic E-state index is 3.64. The fourth-order valence-electron chi connectivity index (χ4n) is 2.94. The lowest BCUT2D eigenvalue weighted by Gasteiger charge is -2.41. The molecule has 0 aromatic rings. The van der Waals surface area contributed by atoms with Crippen LogP contribution >= 0.6 is 0 Å². The summed E-state index contributed by atoms with van der Waals surface area (Å²) in [4.78, 5) is 5.31. The van der Waals surface area contributed by atoms with Gasteiger partial charge in [0.05, 0.1) is 0 Å². The summed E-state index contributed by atoms with van der Waals surface area (Å²) in [5.41, 5.74) is 0. The van der Waals surface area contributed by atoms with Crippen LogP contribution in [0.1, 0.15) is 41.0 Å². The van der Waals surface area contributed by atoms with Crippen molar-refractivity contribution in [3.05, 3.63) is 0 Å². The topological polar surface area (TPSA) is 18.5 Å². The molecule has 0 radical (unpaired) electrons. The highest BCUT2D eigenvalue weighted by Gasteiger charge is 2.25. The van der Waals surface area contributed by atoms with Crippen molar-refractivity contribution in [3.8, 4) is 0 Å². The zero-order valence-electron chi connectivity index (χ0n) is 13.8. The first-order valence-electron chi connectivity index (χ1n) is 8.21. The Kier molecular flexibility index (Phi) is 7.96. The van der Waals surface area contributed by atoms with E-state index in [1.54, 1.807) is 0 Å². The molecule has 1 aliphatic heterocycles. The standard InChI is InChI=1S/C16H35N3/c1-6-7-18-8-10-19(11-9-18)16(15(4)5)13-17-12-14(2)3/h14-17H,6-13H2,1-5H3. The lowest BCUT2D eigenvalue weighted by Crippen LogP contribution is -2.54.